The van der Waals surface area contributed by atoms with Gasteiger partial charge in [0.25, 0.3) is 0 Å². The summed E-state index contributed by atoms with van der Waals surface area (Å²) in [6.45, 7) is 2.51. The summed E-state index contributed by atoms with van der Waals surface area (Å²) in [4.78, 5) is 0.199. The molecule has 2 aliphatic rings. The van der Waals surface area contributed by atoms with Gasteiger partial charge >= 0.3 is 0 Å². The molecule has 4 nitrogen and oxygen atoms in total. The highest BCUT2D eigenvalue weighted by atomic mass is 32.2. The van der Waals surface area contributed by atoms with E-state index in [4.69, 9.17) is 0 Å². The summed E-state index contributed by atoms with van der Waals surface area (Å²) in [6, 6.07) is 5.25. The molecule has 1 N–H and O–H groups in total. The lowest BCUT2D eigenvalue weighted by Gasteiger charge is -2.33. The molecule has 0 bridgehead atoms. The van der Waals surface area contributed by atoms with Crippen LogP contribution in [0, 0.1) is 11.7 Å². The van der Waals surface area contributed by atoms with Crippen molar-refractivity contribution in [3.05, 3.63) is 30.1 Å². The lowest BCUT2D eigenvalue weighted by molar-refractivity contribution is 0.235. The molecule has 0 saturated carbocycles. The molecule has 0 amide bonds. The van der Waals surface area contributed by atoms with Gasteiger partial charge in [-0.1, -0.05) is 0 Å². The number of piperidine rings is 1. The van der Waals surface area contributed by atoms with E-state index in [1.807, 2.05) is 0 Å². The number of benzene rings is 1. The molecular weight excluding hydrogens is 291 g/mol. The van der Waals surface area contributed by atoms with Gasteiger partial charge in [0.2, 0.25) is 10.0 Å². The molecule has 1 unspecified atom stereocenters. The van der Waals surface area contributed by atoms with Gasteiger partial charge in [0.15, 0.2) is 0 Å². The fraction of sp³-hybridized carbons (Fsp3) is 0.600. The topological polar surface area (TPSA) is 49.4 Å². The van der Waals surface area contributed by atoms with E-state index in [-0.39, 0.29) is 10.9 Å². The van der Waals surface area contributed by atoms with Crippen LogP contribution in [0.5, 0.6) is 0 Å². The summed E-state index contributed by atoms with van der Waals surface area (Å²) in [5, 5.41) is 3.32. The van der Waals surface area contributed by atoms with Crippen molar-refractivity contribution in [1.82, 2.24) is 9.62 Å². The first-order valence-corrected chi connectivity index (χ1v) is 9.01. The lowest BCUT2D eigenvalue weighted by Crippen LogP contribution is -2.43. The van der Waals surface area contributed by atoms with Crippen molar-refractivity contribution in [3.63, 3.8) is 0 Å². The Morgan fingerprint density at radius 2 is 1.76 bits per heavy atom. The van der Waals surface area contributed by atoms with Crippen LogP contribution in [0.15, 0.2) is 29.2 Å². The van der Waals surface area contributed by atoms with Gasteiger partial charge in [-0.3, -0.25) is 0 Å². The van der Waals surface area contributed by atoms with E-state index >= 15 is 0 Å². The zero-order valence-corrected chi connectivity index (χ0v) is 12.8. The van der Waals surface area contributed by atoms with Gasteiger partial charge in [-0.2, -0.15) is 4.31 Å². The Labute approximate surface area is 125 Å². The van der Waals surface area contributed by atoms with Crippen LogP contribution in [-0.2, 0) is 10.0 Å². The van der Waals surface area contributed by atoms with Crippen molar-refractivity contribution in [1.29, 1.82) is 0 Å². The van der Waals surface area contributed by atoms with Crippen LogP contribution in [0.3, 0.4) is 0 Å². The lowest BCUT2D eigenvalue weighted by atomic mass is 9.89. The van der Waals surface area contributed by atoms with Crippen molar-refractivity contribution in [2.24, 2.45) is 5.92 Å². The average Bonchev–Trinajstić information content (AvgIpc) is 2.99. The molecular formula is C15H21FN2O2S. The van der Waals surface area contributed by atoms with Crippen LogP contribution in [0.2, 0.25) is 0 Å². The van der Waals surface area contributed by atoms with Crippen molar-refractivity contribution in [2.45, 2.75) is 36.6 Å². The van der Waals surface area contributed by atoms with Crippen LogP contribution in [0.1, 0.15) is 25.7 Å². The van der Waals surface area contributed by atoms with Gasteiger partial charge in [0, 0.05) is 12.6 Å². The Kier molecular flexibility index (Phi) is 4.28. The molecule has 116 valence electrons. The normalized spacial score (nSPS) is 25.3. The van der Waals surface area contributed by atoms with E-state index in [1.165, 1.54) is 24.3 Å². The minimum absolute atomic E-state index is 0.0992. The highest BCUT2D eigenvalue weighted by molar-refractivity contribution is 7.89. The monoisotopic (exact) mass is 312 g/mol. The third kappa shape index (κ3) is 2.98. The third-order valence-electron chi connectivity index (χ3n) is 4.60. The Hall–Kier alpha value is -0.980. The predicted octanol–water partition coefficient (Wildman–Crippen LogP) is 1.98. The summed E-state index contributed by atoms with van der Waals surface area (Å²) in [7, 11) is -3.51. The van der Waals surface area contributed by atoms with E-state index < -0.39 is 15.8 Å². The third-order valence-corrected chi connectivity index (χ3v) is 6.54. The highest BCUT2D eigenvalue weighted by Gasteiger charge is 2.39. The zero-order chi connectivity index (χ0) is 14.9. The number of nitrogens with zero attached hydrogens (tertiary/aromatic N) is 1. The van der Waals surface area contributed by atoms with Crippen molar-refractivity contribution < 1.29 is 12.8 Å². The number of halogens is 1. The van der Waals surface area contributed by atoms with Gasteiger partial charge in [0.1, 0.15) is 5.82 Å². The van der Waals surface area contributed by atoms with Crippen LogP contribution in [-0.4, -0.2) is 38.4 Å². The Balaban J connectivity index is 1.84. The minimum Gasteiger partial charge on any atom is -0.317 e. The van der Waals surface area contributed by atoms with Crippen LogP contribution < -0.4 is 5.32 Å². The second-order valence-electron chi connectivity index (χ2n) is 5.87. The fourth-order valence-corrected chi connectivity index (χ4v) is 5.26. The van der Waals surface area contributed by atoms with E-state index in [0.29, 0.717) is 12.5 Å². The average molecular weight is 312 g/mol. The van der Waals surface area contributed by atoms with E-state index in [2.05, 4.69) is 5.32 Å². The van der Waals surface area contributed by atoms with Crippen molar-refractivity contribution in [3.8, 4) is 0 Å². The number of rotatable bonds is 3. The summed E-state index contributed by atoms with van der Waals surface area (Å²) >= 11 is 0. The predicted molar refractivity (Wildman–Crippen MR) is 78.9 cm³/mol. The fourth-order valence-electron chi connectivity index (χ4n) is 3.51. The van der Waals surface area contributed by atoms with Gasteiger partial charge in [-0.05, 0) is 69.0 Å². The van der Waals surface area contributed by atoms with Crippen LogP contribution >= 0.6 is 0 Å². The first-order chi connectivity index (χ1) is 10.1. The number of hydrogen-bond acceptors (Lipinski definition) is 3. The molecule has 0 radical (unpaired) electrons. The number of sulfonamides is 1. The van der Waals surface area contributed by atoms with Gasteiger partial charge in [-0.25, -0.2) is 12.8 Å². The Morgan fingerprint density at radius 3 is 2.43 bits per heavy atom. The van der Waals surface area contributed by atoms with Crippen LogP contribution in [0.25, 0.3) is 0 Å². The first kappa shape index (κ1) is 14.9. The number of nitrogens with one attached hydrogen (secondary N) is 1. The molecule has 2 aliphatic heterocycles. The van der Waals surface area contributed by atoms with Crippen molar-refractivity contribution in [2.75, 3.05) is 19.6 Å². The standard InChI is InChI=1S/C15H21FN2O2S/c16-13-3-5-14(6-4-13)21(19,20)18-11-1-2-15(18)12-7-9-17-10-8-12/h3-6,12,15,17H,1-2,7-11H2. The van der Waals surface area contributed by atoms with Crippen LogP contribution in [0.4, 0.5) is 4.39 Å². The van der Waals surface area contributed by atoms with E-state index in [1.54, 1.807) is 4.31 Å². The molecule has 3 rings (SSSR count). The molecule has 1 atom stereocenters. The van der Waals surface area contributed by atoms with Gasteiger partial charge < -0.3 is 5.32 Å². The molecule has 2 fully saturated rings. The summed E-state index contributed by atoms with van der Waals surface area (Å²) < 4.78 is 40.2. The second kappa shape index (κ2) is 6.02. The Bertz CT molecular complexity index is 582. The highest BCUT2D eigenvalue weighted by Crippen LogP contribution is 2.33. The maximum absolute atomic E-state index is 13.0. The number of hydrogen-bond donors (Lipinski definition) is 1. The molecule has 6 heteroatoms. The smallest absolute Gasteiger partial charge is 0.243 e. The summed E-state index contributed by atoms with van der Waals surface area (Å²) in [5.41, 5.74) is 0. The SMILES string of the molecule is O=S(=O)(c1ccc(F)cc1)N1CCCC1C1CCNCC1. The zero-order valence-electron chi connectivity index (χ0n) is 12.0. The second-order valence-corrected chi connectivity index (χ2v) is 7.76. The molecule has 0 aliphatic carbocycles. The van der Waals surface area contributed by atoms with Gasteiger partial charge in [0.05, 0.1) is 4.90 Å². The first-order valence-electron chi connectivity index (χ1n) is 7.57. The van der Waals surface area contributed by atoms with E-state index in [0.717, 1.165) is 38.8 Å². The summed E-state index contributed by atoms with van der Waals surface area (Å²) in [5.74, 6) is 0.0225. The Morgan fingerprint density at radius 1 is 1.10 bits per heavy atom. The molecule has 1 aromatic rings. The molecule has 21 heavy (non-hydrogen) atoms. The summed E-state index contributed by atoms with van der Waals surface area (Å²) in [6.07, 6.45) is 3.90. The molecule has 0 aromatic heterocycles. The molecule has 2 heterocycles. The van der Waals surface area contributed by atoms with E-state index in [9.17, 15) is 12.8 Å². The van der Waals surface area contributed by atoms with Crippen molar-refractivity contribution >= 4 is 10.0 Å². The molecule has 1 aromatic carbocycles. The molecule has 0 spiro atoms. The maximum Gasteiger partial charge on any atom is 0.243 e. The molecule has 2 saturated heterocycles. The largest absolute Gasteiger partial charge is 0.317 e. The maximum atomic E-state index is 13.0. The minimum atomic E-state index is -3.51. The van der Waals surface area contributed by atoms with Gasteiger partial charge in [-0.15, -0.1) is 0 Å². The quantitative estimate of drug-likeness (QED) is 0.928.